The fraction of sp³-hybridized carbons (Fsp3) is 0.118. The van der Waals surface area contributed by atoms with E-state index < -0.39 is 0 Å². The molecule has 0 radical (unpaired) electrons. The number of halogens is 1. The maximum Gasteiger partial charge on any atom is 0.228 e. The van der Waals surface area contributed by atoms with E-state index in [-0.39, 0.29) is 12.3 Å². The molecule has 3 heterocycles. The Morgan fingerprint density at radius 3 is 3.08 bits per heavy atom. The smallest absolute Gasteiger partial charge is 0.228 e. The van der Waals surface area contributed by atoms with Crippen LogP contribution in [-0.2, 0) is 17.8 Å². The van der Waals surface area contributed by atoms with E-state index in [2.05, 4.69) is 20.6 Å². The number of hydrogen-bond donors (Lipinski definition) is 2. The number of aromatic nitrogens is 2. The Bertz CT molecular complexity index is 909. The Labute approximate surface area is 142 Å². The summed E-state index contributed by atoms with van der Waals surface area (Å²) in [6.07, 6.45) is 5.19. The molecule has 1 aliphatic heterocycles. The number of amides is 1. The lowest BCUT2D eigenvalue weighted by Gasteiger charge is -2.10. The van der Waals surface area contributed by atoms with E-state index in [4.69, 9.17) is 16.0 Å². The van der Waals surface area contributed by atoms with Gasteiger partial charge in [0.15, 0.2) is 0 Å². The van der Waals surface area contributed by atoms with Crippen molar-refractivity contribution >= 4 is 29.1 Å². The van der Waals surface area contributed by atoms with Crippen LogP contribution in [0.2, 0.25) is 5.02 Å². The summed E-state index contributed by atoms with van der Waals surface area (Å²) in [5, 5.41) is 6.58. The van der Waals surface area contributed by atoms with Gasteiger partial charge in [-0.2, -0.15) is 0 Å². The Hall–Kier alpha value is -2.86. The molecule has 0 spiro atoms. The first-order valence-electron chi connectivity index (χ1n) is 7.40. The molecule has 1 amide bonds. The number of benzene rings is 1. The number of carbonyl (C=O) groups excluding carboxylic acids is 1. The van der Waals surface area contributed by atoms with Crippen LogP contribution < -0.4 is 10.6 Å². The zero-order chi connectivity index (χ0) is 16.5. The van der Waals surface area contributed by atoms with Crippen molar-refractivity contribution < 1.29 is 9.21 Å². The molecule has 4 rings (SSSR count). The Balaban J connectivity index is 1.72. The van der Waals surface area contributed by atoms with Crippen molar-refractivity contribution in [2.75, 3.05) is 10.6 Å². The molecule has 0 unspecified atom stereocenters. The molecule has 0 saturated heterocycles. The molecule has 0 atom stereocenters. The van der Waals surface area contributed by atoms with Crippen LogP contribution in [-0.4, -0.2) is 15.9 Å². The van der Waals surface area contributed by atoms with Gasteiger partial charge in [-0.15, -0.1) is 0 Å². The van der Waals surface area contributed by atoms with Crippen LogP contribution in [0, 0.1) is 0 Å². The van der Waals surface area contributed by atoms with Crippen LogP contribution in [0.15, 0.2) is 47.4 Å². The molecule has 0 aliphatic carbocycles. The second-order valence-corrected chi connectivity index (χ2v) is 5.90. The van der Waals surface area contributed by atoms with E-state index in [1.54, 1.807) is 30.9 Å². The maximum atomic E-state index is 12.1. The third kappa shape index (κ3) is 2.83. The molecule has 120 valence electrons. The van der Waals surface area contributed by atoms with Crippen molar-refractivity contribution in [3.8, 4) is 11.3 Å². The summed E-state index contributed by atoms with van der Waals surface area (Å²) in [5.74, 6) is 0.380. The number of nitrogens with one attached hydrogen (secondary N) is 2. The highest BCUT2D eigenvalue weighted by molar-refractivity contribution is 6.31. The van der Waals surface area contributed by atoms with Gasteiger partial charge in [-0.05, 0) is 24.3 Å². The molecule has 2 N–H and O–H groups in total. The number of anilines is 2. The van der Waals surface area contributed by atoms with Crippen molar-refractivity contribution in [1.82, 2.24) is 9.97 Å². The summed E-state index contributed by atoms with van der Waals surface area (Å²) in [7, 11) is 0. The van der Waals surface area contributed by atoms with Crippen molar-refractivity contribution in [3.05, 3.63) is 59.1 Å². The van der Waals surface area contributed by atoms with Gasteiger partial charge >= 0.3 is 0 Å². The SMILES string of the molecule is O=C1Cc2cnc(NCc3ccoc3)nc2-c2ccc(Cl)cc2N1. The number of hydrogen-bond acceptors (Lipinski definition) is 5. The molecule has 1 aliphatic rings. The number of furan rings is 1. The van der Waals surface area contributed by atoms with E-state index in [1.165, 1.54) is 0 Å². The molecule has 2 aromatic heterocycles. The fourth-order valence-corrected chi connectivity index (χ4v) is 2.79. The molecule has 6 nitrogen and oxygen atoms in total. The second kappa shape index (κ2) is 5.98. The summed E-state index contributed by atoms with van der Waals surface area (Å²) < 4.78 is 5.04. The zero-order valence-electron chi connectivity index (χ0n) is 12.5. The predicted octanol–water partition coefficient (Wildman–Crippen LogP) is 3.50. The van der Waals surface area contributed by atoms with Gasteiger partial charge in [0.1, 0.15) is 0 Å². The lowest BCUT2D eigenvalue weighted by Crippen LogP contribution is -2.13. The summed E-state index contributed by atoms with van der Waals surface area (Å²) in [5.41, 5.74) is 3.99. The molecule has 24 heavy (non-hydrogen) atoms. The first kappa shape index (κ1) is 14.7. The molecule has 0 saturated carbocycles. The zero-order valence-corrected chi connectivity index (χ0v) is 13.3. The molecular weight excluding hydrogens is 328 g/mol. The minimum absolute atomic E-state index is 0.111. The quantitative estimate of drug-likeness (QED) is 0.762. The number of fused-ring (bicyclic) bond motifs is 3. The fourth-order valence-electron chi connectivity index (χ4n) is 2.62. The third-order valence-electron chi connectivity index (χ3n) is 3.76. The van der Waals surface area contributed by atoms with Crippen molar-refractivity contribution in [3.63, 3.8) is 0 Å². The van der Waals surface area contributed by atoms with Gasteiger partial charge in [0.2, 0.25) is 11.9 Å². The Morgan fingerprint density at radius 2 is 2.25 bits per heavy atom. The summed E-state index contributed by atoms with van der Waals surface area (Å²) in [4.78, 5) is 20.9. The van der Waals surface area contributed by atoms with E-state index in [1.807, 2.05) is 12.1 Å². The molecule has 3 aromatic rings. The monoisotopic (exact) mass is 340 g/mol. The molecule has 7 heteroatoms. The van der Waals surface area contributed by atoms with E-state index in [9.17, 15) is 4.79 Å². The second-order valence-electron chi connectivity index (χ2n) is 5.47. The van der Waals surface area contributed by atoms with Gasteiger partial charge < -0.3 is 15.1 Å². The Morgan fingerprint density at radius 1 is 1.33 bits per heavy atom. The largest absolute Gasteiger partial charge is 0.472 e. The highest BCUT2D eigenvalue weighted by Gasteiger charge is 2.21. The highest BCUT2D eigenvalue weighted by atomic mass is 35.5. The van der Waals surface area contributed by atoms with Crippen LogP contribution in [0.25, 0.3) is 11.3 Å². The molecule has 0 bridgehead atoms. The van der Waals surface area contributed by atoms with Crippen molar-refractivity contribution in [2.24, 2.45) is 0 Å². The van der Waals surface area contributed by atoms with Crippen LogP contribution in [0.3, 0.4) is 0 Å². The first-order valence-corrected chi connectivity index (χ1v) is 7.77. The van der Waals surface area contributed by atoms with E-state index in [0.717, 1.165) is 22.4 Å². The van der Waals surface area contributed by atoms with E-state index >= 15 is 0 Å². The molecule has 0 fully saturated rings. The lowest BCUT2D eigenvalue weighted by molar-refractivity contribution is -0.115. The van der Waals surface area contributed by atoms with Crippen LogP contribution in [0.1, 0.15) is 11.1 Å². The molecular formula is C17H13ClN4O2. The summed E-state index contributed by atoms with van der Waals surface area (Å²) in [6.45, 7) is 0.555. The molecule has 1 aromatic carbocycles. The van der Waals surface area contributed by atoms with Crippen LogP contribution in [0.4, 0.5) is 11.6 Å². The van der Waals surface area contributed by atoms with Gasteiger partial charge in [0, 0.05) is 34.5 Å². The number of rotatable bonds is 3. The normalized spacial score (nSPS) is 12.8. The predicted molar refractivity (Wildman–Crippen MR) is 90.8 cm³/mol. The van der Waals surface area contributed by atoms with E-state index in [0.29, 0.717) is 23.2 Å². The summed E-state index contributed by atoms with van der Waals surface area (Å²) >= 11 is 6.04. The van der Waals surface area contributed by atoms with Crippen LogP contribution >= 0.6 is 11.6 Å². The topological polar surface area (TPSA) is 80.1 Å². The van der Waals surface area contributed by atoms with Gasteiger partial charge in [0.05, 0.1) is 30.3 Å². The minimum Gasteiger partial charge on any atom is -0.472 e. The minimum atomic E-state index is -0.111. The lowest BCUT2D eigenvalue weighted by atomic mass is 10.1. The first-order chi connectivity index (χ1) is 11.7. The third-order valence-corrected chi connectivity index (χ3v) is 3.99. The number of nitrogens with zero attached hydrogens (tertiary/aromatic N) is 2. The maximum absolute atomic E-state index is 12.1. The van der Waals surface area contributed by atoms with Gasteiger partial charge in [-0.1, -0.05) is 11.6 Å². The van der Waals surface area contributed by atoms with Crippen LogP contribution in [0.5, 0.6) is 0 Å². The summed E-state index contributed by atoms with van der Waals surface area (Å²) in [6, 6.07) is 7.23. The van der Waals surface area contributed by atoms with Crippen molar-refractivity contribution in [1.29, 1.82) is 0 Å². The van der Waals surface area contributed by atoms with Gasteiger partial charge in [0.25, 0.3) is 0 Å². The average molecular weight is 341 g/mol. The Kier molecular flexibility index (Phi) is 3.66. The highest BCUT2D eigenvalue weighted by Crippen LogP contribution is 2.34. The van der Waals surface area contributed by atoms with Gasteiger partial charge in [-0.3, -0.25) is 4.79 Å². The van der Waals surface area contributed by atoms with Gasteiger partial charge in [-0.25, -0.2) is 9.97 Å². The standard InChI is InChI=1S/C17H13ClN4O2/c18-12-1-2-13-14(6-12)21-15(23)5-11-8-20-17(22-16(11)13)19-7-10-3-4-24-9-10/h1-4,6,8-9H,5,7H2,(H,21,23)(H,19,20,22). The number of carbonyl (C=O) groups is 1. The average Bonchev–Trinajstić information content (AvgIpc) is 3.03. The van der Waals surface area contributed by atoms with Crippen molar-refractivity contribution in [2.45, 2.75) is 13.0 Å².